The first-order chi connectivity index (χ1) is 18.0. The molecular weight excluding hydrogens is 458 g/mol. The van der Waals surface area contributed by atoms with Crippen LogP contribution in [-0.4, -0.2) is 31.5 Å². The van der Waals surface area contributed by atoms with Crippen LogP contribution in [0.25, 0.3) is 27.9 Å². The number of carbonyl (C=O) groups excluding carboxylic acids is 1. The van der Waals surface area contributed by atoms with E-state index in [0.29, 0.717) is 11.6 Å². The zero-order valence-corrected chi connectivity index (χ0v) is 21.8. The second-order valence-corrected chi connectivity index (χ2v) is 8.50. The summed E-state index contributed by atoms with van der Waals surface area (Å²) in [6.45, 7) is 9.79. The number of allylic oxidation sites excluding steroid dienone is 1. The van der Waals surface area contributed by atoms with Crippen LogP contribution in [0.1, 0.15) is 29.3 Å². The Kier molecular flexibility index (Phi) is 10.1. The summed E-state index contributed by atoms with van der Waals surface area (Å²) in [6.07, 6.45) is 7.95. The number of aromatic nitrogens is 1. The zero-order chi connectivity index (χ0) is 26.6. The molecule has 3 aromatic carbocycles. The van der Waals surface area contributed by atoms with Gasteiger partial charge in [0.05, 0.1) is 7.11 Å². The van der Waals surface area contributed by atoms with Crippen LogP contribution in [0.3, 0.4) is 0 Å². The Morgan fingerprint density at radius 2 is 1.78 bits per heavy atom. The van der Waals surface area contributed by atoms with E-state index < -0.39 is 0 Å². The van der Waals surface area contributed by atoms with E-state index in [2.05, 4.69) is 53.1 Å². The fraction of sp³-hybridized carbons (Fsp3) is 0.156. The van der Waals surface area contributed by atoms with Gasteiger partial charge >= 0.3 is 0 Å². The van der Waals surface area contributed by atoms with E-state index in [9.17, 15) is 4.79 Å². The van der Waals surface area contributed by atoms with Crippen molar-refractivity contribution >= 4 is 28.6 Å². The summed E-state index contributed by atoms with van der Waals surface area (Å²) in [5, 5.41) is 7.50. The highest BCUT2D eigenvalue weighted by Gasteiger charge is 2.06. The fourth-order valence-electron chi connectivity index (χ4n) is 3.86. The van der Waals surface area contributed by atoms with Crippen LogP contribution in [0.4, 0.5) is 5.69 Å². The van der Waals surface area contributed by atoms with Gasteiger partial charge in [-0.05, 0) is 92.2 Å². The molecule has 0 aliphatic rings. The average Bonchev–Trinajstić information content (AvgIpc) is 3.37. The molecule has 0 saturated carbocycles. The normalized spacial score (nSPS) is 11.4. The highest BCUT2D eigenvalue weighted by atomic mass is 16.5. The average molecular weight is 494 g/mol. The van der Waals surface area contributed by atoms with E-state index in [0.717, 1.165) is 57.6 Å². The maximum Gasteiger partial charge on any atom is 0.150 e. The van der Waals surface area contributed by atoms with E-state index in [1.807, 2.05) is 80.7 Å². The molecule has 0 spiro atoms. The molecular formula is C32H35N3O2. The van der Waals surface area contributed by atoms with Gasteiger partial charge in [-0.25, -0.2) is 0 Å². The minimum atomic E-state index is 0.465. The molecule has 0 fully saturated rings. The quantitative estimate of drug-likeness (QED) is 0.158. The maximum absolute atomic E-state index is 11.0. The van der Waals surface area contributed by atoms with Crippen molar-refractivity contribution in [2.24, 2.45) is 0 Å². The second-order valence-electron chi connectivity index (χ2n) is 8.50. The van der Waals surface area contributed by atoms with Crippen LogP contribution < -0.4 is 15.4 Å². The van der Waals surface area contributed by atoms with E-state index in [4.69, 9.17) is 4.74 Å². The Morgan fingerprint density at radius 3 is 2.38 bits per heavy atom. The molecule has 0 saturated heterocycles. The summed E-state index contributed by atoms with van der Waals surface area (Å²) in [5.41, 5.74) is 6.56. The van der Waals surface area contributed by atoms with Gasteiger partial charge in [0.15, 0.2) is 0 Å². The number of nitrogens with one attached hydrogen (secondary N) is 3. The minimum absolute atomic E-state index is 0.465. The number of rotatable bonds is 10. The molecule has 0 radical (unpaired) electrons. The summed E-state index contributed by atoms with van der Waals surface area (Å²) in [6, 6.07) is 24.1. The molecule has 4 rings (SSSR count). The number of fused-ring (bicyclic) bond motifs is 1. The molecule has 5 nitrogen and oxygen atoms in total. The van der Waals surface area contributed by atoms with Crippen LogP contribution in [0, 0.1) is 0 Å². The molecule has 0 amide bonds. The summed E-state index contributed by atoms with van der Waals surface area (Å²) in [7, 11) is 3.60. The Hall–Kier alpha value is -4.35. The number of methoxy groups -OCH3 is 1. The number of H-pyrrole nitrogens is 1. The zero-order valence-electron chi connectivity index (χ0n) is 21.8. The van der Waals surface area contributed by atoms with E-state index >= 15 is 0 Å². The molecule has 0 bridgehead atoms. The molecule has 1 unspecified atom stereocenters. The number of aldehydes is 1. The number of hydrogen-bond donors (Lipinski definition) is 3. The molecule has 37 heavy (non-hydrogen) atoms. The predicted molar refractivity (Wildman–Crippen MR) is 157 cm³/mol. The van der Waals surface area contributed by atoms with Crippen molar-refractivity contribution in [2.45, 2.75) is 19.4 Å². The summed E-state index contributed by atoms with van der Waals surface area (Å²) >= 11 is 0. The lowest BCUT2D eigenvalue weighted by atomic mass is 10.1. The van der Waals surface area contributed by atoms with Crippen molar-refractivity contribution in [1.29, 1.82) is 0 Å². The third-order valence-corrected chi connectivity index (χ3v) is 5.93. The molecule has 0 aliphatic heterocycles. The number of likely N-dealkylation sites (N-methyl/N-ethyl adjacent to an activating group) is 1. The first kappa shape index (κ1) is 27.2. The topological polar surface area (TPSA) is 66.2 Å². The van der Waals surface area contributed by atoms with Crippen LogP contribution >= 0.6 is 0 Å². The smallest absolute Gasteiger partial charge is 0.150 e. The number of aromatic amines is 1. The fourth-order valence-corrected chi connectivity index (χ4v) is 3.86. The lowest BCUT2D eigenvalue weighted by molar-refractivity contribution is 0.112. The predicted octanol–water partition coefficient (Wildman–Crippen LogP) is 7.47. The lowest BCUT2D eigenvalue weighted by Crippen LogP contribution is -2.21. The van der Waals surface area contributed by atoms with Crippen LogP contribution in [0.15, 0.2) is 104 Å². The second kappa shape index (κ2) is 13.7. The number of hydrogen-bond acceptors (Lipinski definition) is 4. The van der Waals surface area contributed by atoms with Crippen molar-refractivity contribution in [3.05, 3.63) is 115 Å². The molecule has 1 atom stereocenters. The standard InChI is InChI=1S/C24H20N2O2.C8H15N/c1-16(18-6-10-22(28-2)11-7-18)25-21-8-4-19(5-9-21)24-14-20-13-17(15-27)3-12-23(20)26-24;1-4-6-8(9-3)7-5-2/h3-15,25-26H,1H2,2H3;4-5,7-9H,1,6H2,2-3H3. The van der Waals surface area contributed by atoms with Gasteiger partial charge in [-0.15, -0.1) is 6.58 Å². The van der Waals surface area contributed by atoms with Gasteiger partial charge in [0.1, 0.15) is 12.0 Å². The van der Waals surface area contributed by atoms with Crippen molar-refractivity contribution in [2.75, 3.05) is 19.5 Å². The highest BCUT2D eigenvalue weighted by Crippen LogP contribution is 2.27. The van der Waals surface area contributed by atoms with Crippen molar-refractivity contribution in [3.63, 3.8) is 0 Å². The summed E-state index contributed by atoms with van der Waals surface area (Å²) < 4.78 is 5.19. The van der Waals surface area contributed by atoms with Gasteiger partial charge < -0.3 is 20.4 Å². The third kappa shape index (κ3) is 7.56. The molecule has 1 aromatic heterocycles. The van der Waals surface area contributed by atoms with Gasteiger partial charge in [-0.1, -0.05) is 36.9 Å². The summed E-state index contributed by atoms with van der Waals surface area (Å²) in [4.78, 5) is 14.4. The lowest BCUT2D eigenvalue weighted by Gasteiger charge is -2.11. The van der Waals surface area contributed by atoms with E-state index in [-0.39, 0.29) is 0 Å². The van der Waals surface area contributed by atoms with Gasteiger partial charge in [-0.2, -0.15) is 0 Å². The van der Waals surface area contributed by atoms with Crippen molar-refractivity contribution in [3.8, 4) is 17.0 Å². The summed E-state index contributed by atoms with van der Waals surface area (Å²) in [5.74, 6) is 0.819. The van der Waals surface area contributed by atoms with Gasteiger partial charge in [0, 0.05) is 39.6 Å². The first-order valence-electron chi connectivity index (χ1n) is 12.2. The molecule has 4 aromatic rings. The van der Waals surface area contributed by atoms with Crippen LogP contribution in [0.5, 0.6) is 5.75 Å². The molecule has 0 aliphatic carbocycles. The van der Waals surface area contributed by atoms with E-state index in [1.165, 1.54) is 0 Å². The SMILES string of the molecule is C=C(Nc1ccc(-c2cc3cc(C=O)ccc3[nH]2)cc1)c1ccc(OC)cc1.C=CCC(C=CC)NC. The molecule has 190 valence electrons. The van der Waals surface area contributed by atoms with Crippen LogP contribution in [-0.2, 0) is 0 Å². The first-order valence-corrected chi connectivity index (χ1v) is 12.2. The Morgan fingerprint density at radius 1 is 1.05 bits per heavy atom. The number of anilines is 1. The van der Waals surface area contributed by atoms with Crippen LogP contribution in [0.2, 0.25) is 0 Å². The number of ether oxygens (including phenoxy) is 1. The molecule has 3 N–H and O–H groups in total. The van der Waals surface area contributed by atoms with Gasteiger partial charge in [-0.3, -0.25) is 4.79 Å². The van der Waals surface area contributed by atoms with Gasteiger partial charge in [0.2, 0.25) is 0 Å². The highest BCUT2D eigenvalue weighted by molar-refractivity contribution is 5.91. The minimum Gasteiger partial charge on any atom is -0.497 e. The molecule has 1 heterocycles. The Bertz CT molecular complexity index is 1350. The van der Waals surface area contributed by atoms with Crippen molar-refractivity contribution < 1.29 is 9.53 Å². The number of benzene rings is 3. The Labute approximate surface area is 219 Å². The largest absolute Gasteiger partial charge is 0.497 e. The number of carbonyl (C=O) groups is 1. The maximum atomic E-state index is 11.0. The van der Waals surface area contributed by atoms with Gasteiger partial charge in [0.25, 0.3) is 0 Å². The van der Waals surface area contributed by atoms with Crippen molar-refractivity contribution in [1.82, 2.24) is 10.3 Å². The van der Waals surface area contributed by atoms with E-state index in [1.54, 1.807) is 7.11 Å². The Balaban J connectivity index is 0.000000364. The third-order valence-electron chi connectivity index (χ3n) is 5.93. The monoisotopic (exact) mass is 493 g/mol. The molecule has 5 heteroatoms.